The smallest absolute Gasteiger partial charge is 0.405 e. The number of fused-ring (bicyclic) bond motifs is 1. The number of anilines is 3. The van der Waals surface area contributed by atoms with E-state index < -0.39 is 18.8 Å². The first kappa shape index (κ1) is 31.1. The van der Waals surface area contributed by atoms with Gasteiger partial charge >= 0.3 is 6.18 Å². The van der Waals surface area contributed by atoms with E-state index in [2.05, 4.69) is 22.5 Å². The van der Waals surface area contributed by atoms with Gasteiger partial charge in [-0.15, -0.1) is 0 Å². The summed E-state index contributed by atoms with van der Waals surface area (Å²) in [5.41, 5.74) is 2.99. The highest BCUT2D eigenvalue weighted by molar-refractivity contribution is 7.97. The third-order valence-electron chi connectivity index (χ3n) is 6.91. The van der Waals surface area contributed by atoms with Crippen molar-refractivity contribution >= 4 is 29.0 Å². The van der Waals surface area contributed by atoms with Crippen LogP contribution in [0.5, 0.6) is 5.75 Å². The molecule has 1 atom stereocenters. The summed E-state index contributed by atoms with van der Waals surface area (Å²) >= 11 is 1.40. The minimum Gasteiger partial charge on any atom is -0.495 e. The number of halogens is 3. The van der Waals surface area contributed by atoms with Crippen LogP contribution in [-0.2, 0) is 11.2 Å². The number of nitrogens with zero attached hydrogens (tertiary/aromatic N) is 2. The third-order valence-corrected chi connectivity index (χ3v) is 8.00. The second kappa shape index (κ2) is 14.9. The van der Waals surface area contributed by atoms with Gasteiger partial charge in [0.1, 0.15) is 12.3 Å². The summed E-state index contributed by atoms with van der Waals surface area (Å²) in [5.74, 6) is 6.68. The highest BCUT2D eigenvalue weighted by atomic mass is 32.2. The van der Waals surface area contributed by atoms with E-state index in [0.717, 1.165) is 29.0 Å². The molecule has 0 amide bonds. The Bertz CT molecular complexity index is 1190. The summed E-state index contributed by atoms with van der Waals surface area (Å²) in [4.78, 5) is 2.23. The van der Waals surface area contributed by atoms with Gasteiger partial charge in [0.2, 0.25) is 0 Å². The van der Waals surface area contributed by atoms with Crippen LogP contribution in [0.2, 0.25) is 0 Å². The van der Waals surface area contributed by atoms with Gasteiger partial charge in [0, 0.05) is 60.6 Å². The number of benzene rings is 2. The van der Waals surface area contributed by atoms with Crippen LogP contribution >= 0.6 is 11.9 Å². The van der Waals surface area contributed by atoms with Crippen LogP contribution in [0.1, 0.15) is 18.4 Å². The molecule has 0 aromatic heterocycles. The maximum absolute atomic E-state index is 13.6. The molecule has 0 radical (unpaired) electrons. The summed E-state index contributed by atoms with van der Waals surface area (Å²) < 4.78 is 53.5. The van der Waals surface area contributed by atoms with Crippen molar-refractivity contribution in [2.24, 2.45) is 0 Å². The van der Waals surface area contributed by atoms with E-state index in [4.69, 9.17) is 9.47 Å². The van der Waals surface area contributed by atoms with Crippen LogP contribution in [0.4, 0.5) is 30.2 Å². The number of methoxy groups -OCH3 is 1. The van der Waals surface area contributed by atoms with Crippen molar-refractivity contribution in [1.29, 1.82) is 0 Å². The molecular formula is C29H37F3N4O4S. The molecule has 1 fully saturated rings. The number of aliphatic hydroxyl groups excluding tert-OH is 2. The molecule has 4 rings (SSSR count). The van der Waals surface area contributed by atoms with Crippen LogP contribution in [0.25, 0.3) is 0 Å². The molecule has 0 bridgehead atoms. The van der Waals surface area contributed by atoms with E-state index in [1.54, 1.807) is 19.2 Å². The molecule has 1 unspecified atom stereocenters. The fourth-order valence-corrected chi connectivity index (χ4v) is 5.93. The Kier molecular flexibility index (Phi) is 11.3. The van der Waals surface area contributed by atoms with Crippen molar-refractivity contribution in [2.45, 2.75) is 42.4 Å². The molecule has 0 aliphatic carbocycles. The molecule has 4 N–H and O–H groups in total. The van der Waals surface area contributed by atoms with E-state index in [0.29, 0.717) is 49.8 Å². The number of alkyl halides is 3. The topological polar surface area (TPSA) is 89.5 Å². The van der Waals surface area contributed by atoms with Gasteiger partial charge in [-0.05, 0) is 55.1 Å². The average molecular weight is 595 g/mol. The summed E-state index contributed by atoms with van der Waals surface area (Å²) in [6.45, 7) is 1.27. The fourth-order valence-electron chi connectivity index (χ4n) is 5.00. The van der Waals surface area contributed by atoms with E-state index in [-0.39, 0.29) is 25.8 Å². The number of hydrogen-bond acceptors (Lipinski definition) is 9. The van der Waals surface area contributed by atoms with Crippen LogP contribution in [0, 0.1) is 11.8 Å². The Balaban J connectivity index is 1.44. The van der Waals surface area contributed by atoms with Crippen molar-refractivity contribution in [3.63, 3.8) is 0 Å². The molecule has 2 aromatic carbocycles. The molecule has 8 nitrogen and oxygen atoms in total. The number of rotatable bonds is 12. The van der Waals surface area contributed by atoms with Gasteiger partial charge in [-0.25, -0.2) is 4.31 Å². The predicted molar refractivity (Wildman–Crippen MR) is 156 cm³/mol. The quantitative estimate of drug-likeness (QED) is 0.215. The highest BCUT2D eigenvalue weighted by Gasteiger charge is 2.38. The SMILES string of the molecule is COc1cc(SN(CCO)CCO)ccc1NCC#CC1Cc2c(NC3CCOCC3)cccc2N1CC(F)(F)F. The van der Waals surface area contributed by atoms with E-state index in [9.17, 15) is 23.4 Å². The van der Waals surface area contributed by atoms with Crippen LogP contribution < -0.4 is 20.3 Å². The Morgan fingerprint density at radius 1 is 1.12 bits per heavy atom. The lowest BCUT2D eigenvalue weighted by atomic mass is 10.0. The lowest BCUT2D eigenvalue weighted by Crippen LogP contribution is -2.39. The Labute approximate surface area is 243 Å². The first-order valence-electron chi connectivity index (χ1n) is 13.7. The van der Waals surface area contributed by atoms with E-state index in [1.807, 2.05) is 28.6 Å². The van der Waals surface area contributed by atoms with Gasteiger partial charge < -0.3 is 35.2 Å². The number of ether oxygens (including phenoxy) is 2. The standard InChI is InChI=1S/C29H37F3N4O4S/c1-39-28-19-23(41-35(12-14-37)13-15-38)7-8-26(28)33-11-3-4-22-18-24-25(34-21-9-16-40-17-10-21)5-2-6-27(24)36(22)20-29(30,31)32/h2,5-8,19,21-22,33-34,37-38H,9-18,20H2,1H3. The van der Waals surface area contributed by atoms with Gasteiger partial charge in [-0.1, -0.05) is 17.9 Å². The Morgan fingerprint density at radius 3 is 2.56 bits per heavy atom. The minimum atomic E-state index is -4.36. The van der Waals surface area contributed by atoms with Crippen LogP contribution in [0.15, 0.2) is 41.3 Å². The van der Waals surface area contributed by atoms with Gasteiger partial charge in [-0.2, -0.15) is 13.2 Å². The summed E-state index contributed by atoms with van der Waals surface area (Å²) in [6, 6.07) is 10.7. The van der Waals surface area contributed by atoms with Crippen molar-refractivity contribution in [2.75, 3.05) is 75.2 Å². The van der Waals surface area contributed by atoms with Crippen molar-refractivity contribution in [1.82, 2.24) is 4.31 Å². The minimum absolute atomic E-state index is 0.0251. The number of aliphatic hydroxyl groups is 2. The predicted octanol–water partition coefficient (Wildman–Crippen LogP) is 3.99. The largest absolute Gasteiger partial charge is 0.495 e. The zero-order valence-electron chi connectivity index (χ0n) is 23.0. The highest BCUT2D eigenvalue weighted by Crippen LogP contribution is 2.39. The first-order chi connectivity index (χ1) is 19.8. The van der Waals surface area contributed by atoms with Gasteiger partial charge in [0.25, 0.3) is 0 Å². The molecule has 224 valence electrons. The first-order valence-corrected chi connectivity index (χ1v) is 14.4. The molecule has 2 aromatic rings. The number of hydrogen-bond donors (Lipinski definition) is 4. The molecule has 2 aliphatic rings. The van der Waals surface area contributed by atoms with Gasteiger partial charge in [0.05, 0.1) is 38.6 Å². The maximum Gasteiger partial charge on any atom is 0.405 e. The van der Waals surface area contributed by atoms with Gasteiger partial charge in [-0.3, -0.25) is 0 Å². The summed E-state index contributed by atoms with van der Waals surface area (Å²) in [6.07, 6.45) is -2.24. The van der Waals surface area contributed by atoms with E-state index in [1.165, 1.54) is 16.8 Å². The fraction of sp³-hybridized carbons (Fsp3) is 0.517. The number of nitrogens with one attached hydrogen (secondary N) is 2. The molecule has 1 saturated heterocycles. The Hall–Kier alpha value is -2.82. The van der Waals surface area contributed by atoms with Crippen molar-refractivity contribution in [3.8, 4) is 17.6 Å². The molecular weight excluding hydrogens is 557 g/mol. The third kappa shape index (κ3) is 8.83. The zero-order chi connectivity index (χ0) is 29.2. The van der Waals surface area contributed by atoms with Crippen molar-refractivity contribution < 1.29 is 32.9 Å². The summed E-state index contributed by atoms with van der Waals surface area (Å²) in [7, 11) is 1.55. The lowest BCUT2D eigenvalue weighted by Gasteiger charge is -2.26. The summed E-state index contributed by atoms with van der Waals surface area (Å²) in [5, 5.41) is 25.2. The average Bonchev–Trinajstić information content (AvgIpc) is 3.29. The van der Waals surface area contributed by atoms with Crippen molar-refractivity contribution in [3.05, 3.63) is 42.0 Å². The lowest BCUT2D eigenvalue weighted by molar-refractivity contribution is -0.120. The molecule has 2 aliphatic heterocycles. The van der Waals surface area contributed by atoms with E-state index >= 15 is 0 Å². The van der Waals surface area contributed by atoms with Crippen LogP contribution in [0.3, 0.4) is 0 Å². The monoisotopic (exact) mass is 594 g/mol. The van der Waals surface area contributed by atoms with Crippen LogP contribution in [-0.4, -0.2) is 92.5 Å². The normalized spacial score (nSPS) is 17.2. The second-order valence-corrected chi connectivity index (χ2v) is 11.0. The Morgan fingerprint density at radius 2 is 1.88 bits per heavy atom. The molecule has 0 saturated carbocycles. The molecule has 41 heavy (non-hydrogen) atoms. The maximum atomic E-state index is 13.6. The van der Waals surface area contributed by atoms with Gasteiger partial charge in [0.15, 0.2) is 0 Å². The second-order valence-electron chi connectivity index (χ2n) is 9.80. The molecule has 12 heteroatoms. The molecule has 0 spiro atoms. The zero-order valence-corrected chi connectivity index (χ0v) is 23.9. The molecule has 2 heterocycles.